The van der Waals surface area contributed by atoms with Crippen LogP contribution in [0.25, 0.3) is 0 Å². The lowest BCUT2D eigenvalue weighted by Crippen LogP contribution is -2.44. The molecule has 0 radical (unpaired) electrons. The molecular weight excluding hydrogens is 212 g/mol. The molecule has 0 aromatic rings. The summed E-state index contributed by atoms with van der Waals surface area (Å²) in [4.78, 5) is 14.3. The van der Waals surface area contributed by atoms with Crippen molar-refractivity contribution in [3.8, 4) is 6.07 Å². The number of nitriles is 1. The second kappa shape index (κ2) is 5.08. The quantitative estimate of drug-likeness (QED) is 0.700. The molecule has 3 heteroatoms. The Kier molecular flexibility index (Phi) is 3.71. The van der Waals surface area contributed by atoms with Gasteiger partial charge in [0.25, 0.3) is 0 Å². The molecule has 0 aromatic carbocycles. The van der Waals surface area contributed by atoms with Gasteiger partial charge in [0.2, 0.25) is 5.91 Å². The van der Waals surface area contributed by atoms with Crippen molar-refractivity contribution < 1.29 is 4.79 Å². The Labute approximate surface area is 104 Å². The summed E-state index contributed by atoms with van der Waals surface area (Å²) >= 11 is 0. The zero-order valence-electron chi connectivity index (χ0n) is 10.7. The number of hydrogen-bond donors (Lipinski definition) is 0. The fourth-order valence-corrected chi connectivity index (χ4v) is 2.94. The van der Waals surface area contributed by atoms with E-state index in [1.807, 2.05) is 11.8 Å². The first-order chi connectivity index (χ1) is 8.14. The molecule has 94 valence electrons. The van der Waals surface area contributed by atoms with E-state index in [0.717, 1.165) is 38.8 Å². The highest BCUT2D eigenvalue weighted by atomic mass is 16.2. The number of hydrogen-bond acceptors (Lipinski definition) is 2. The van der Waals surface area contributed by atoms with Crippen LogP contribution in [0.3, 0.4) is 0 Å². The van der Waals surface area contributed by atoms with E-state index in [4.69, 9.17) is 5.26 Å². The fourth-order valence-electron chi connectivity index (χ4n) is 2.94. The van der Waals surface area contributed by atoms with Crippen molar-refractivity contribution in [3.05, 3.63) is 0 Å². The Bertz CT molecular complexity index is 318. The average Bonchev–Trinajstić information content (AvgIpc) is 2.40. The summed E-state index contributed by atoms with van der Waals surface area (Å²) in [7, 11) is 0. The van der Waals surface area contributed by atoms with Crippen LogP contribution in [0.4, 0.5) is 0 Å². The Hall–Kier alpha value is -1.04. The van der Waals surface area contributed by atoms with Crippen LogP contribution in [0.5, 0.6) is 0 Å². The summed E-state index contributed by atoms with van der Waals surface area (Å²) in [5.74, 6) is 0.625. The van der Waals surface area contributed by atoms with E-state index in [-0.39, 0.29) is 11.3 Å². The predicted octanol–water partition coefficient (Wildman–Crippen LogP) is 2.72. The van der Waals surface area contributed by atoms with Gasteiger partial charge in [0.15, 0.2) is 0 Å². The van der Waals surface area contributed by atoms with E-state index in [0.29, 0.717) is 5.91 Å². The molecule has 0 aromatic heterocycles. The van der Waals surface area contributed by atoms with Gasteiger partial charge < -0.3 is 4.90 Å². The van der Waals surface area contributed by atoms with E-state index >= 15 is 0 Å². The van der Waals surface area contributed by atoms with Crippen LogP contribution in [0.1, 0.15) is 51.9 Å². The first-order valence-electron chi connectivity index (χ1n) is 6.85. The maximum absolute atomic E-state index is 12.3. The average molecular weight is 234 g/mol. The molecule has 1 heterocycles. The summed E-state index contributed by atoms with van der Waals surface area (Å²) in [6, 6.07) is 2.38. The number of nitrogens with zero attached hydrogens (tertiary/aromatic N) is 2. The molecule has 1 aliphatic carbocycles. The molecule has 0 bridgehead atoms. The van der Waals surface area contributed by atoms with Gasteiger partial charge in [0.1, 0.15) is 0 Å². The molecule has 1 aliphatic heterocycles. The molecule has 0 N–H and O–H groups in total. The maximum atomic E-state index is 12.3. The van der Waals surface area contributed by atoms with Crippen LogP contribution in [0.2, 0.25) is 0 Å². The maximum Gasteiger partial charge on any atom is 0.225 e. The molecule has 2 aliphatic rings. The van der Waals surface area contributed by atoms with Crippen LogP contribution < -0.4 is 0 Å². The van der Waals surface area contributed by atoms with Crippen LogP contribution >= 0.6 is 0 Å². The Morgan fingerprint density at radius 3 is 2.35 bits per heavy atom. The minimum absolute atomic E-state index is 0.205. The van der Waals surface area contributed by atoms with E-state index in [2.05, 4.69) is 6.07 Å². The molecule has 1 amide bonds. The van der Waals surface area contributed by atoms with Crippen LogP contribution in [-0.4, -0.2) is 23.9 Å². The van der Waals surface area contributed by atoms with Crippen LogP contribution in [0.15, 0.2) is 0 Å². The van der Waals surface area contributed by atoms with Gasteiger partial charge in [-0.05, 0) is 32.6 Å². The van der Waals surface area contributed by atoms with Crippen LogP contribution in [0, 0.1) is 22.7 Å². The lowest BCUT2D eigenvalue weighted by Gasteiger charge is -2.37. The Balaban J connectivity index is 1.88. The smallest absolute Gasteiger partial charge is 0.225 e. The lowest BCUT2D eigenvalue weighted by molar-refractivity contribution is -0.138. The van der Waals surface area contributed by atoms with Crippen molar-refractivity contribution in [2.24, 2.45) is 11.3 Å². The van der Waals surface area contributed by atoms with E-state index in [1.54, 1.807) is 0 Å². The summed E-state index contributed by atoms with van der Waals surface area (Å²) in [6.07, 6.45) is 7.52. The van der Waals surface area contributed by atoms with Gasteiger partial charge >= 0.3 is 0 Å². The highest BCUT2D eigenvalue weighted by Crippen LogP contribution is 2.32. The first-order valence-corrected chi connectivity index (χ1v) is 6.85. The number of likely N-dealkylation sites (tertiary alicyclic amines) is 1. The minimum atomic E-state index is -0.205. The van der Waals surface area contributed by atoms with Crippen LogP contribution in [-0.2, 0) is 4.79 Å². The van der Waals surface area contributed by atoms with E-state index in [9.17, 15) is 4.79 Å². The van der Waals surface area contributed by atoms with Gasteiger partial charge in [-0.2, -0.15) is 5.26 Å². The first kappa shape index (κ1) is 12.4. The molecule has 0 atom stereocenters. The van der Waals surface area contributed by atoms with E-state index in [1.165, 1.54) is 19.3 Å². The highest BCUT2D eigenvalue weighted by Gasteiger charge is 2.34. The largest absolute Gasteiger partial charge is 0.342 e. The summed E-state index contributed by atoms with van der Waals surface area (Å²) in [5, 5.41) is 9.07. The van der Waals surface area contributed by atoms with Gasteiger partial charge in [-0.15, -0.1) is 0 Å². The molecule has 2 rings (SSSR count). The second-order valence-corrected chi connectivity index (χ2v) is 5.83. The normalized spacial score (nSPS) is 25.3. The minimum Gasteiger partial charge on any atom is -0.342 e. The van der Waals surface area contributed by atoms with Gasteiger partial charge in [0.05, 0.1) is 11.5 Å². The number of carbonyl (C=O) groups is 1. The van der Waals surface area contributed by atoms with Gasteiger partial charge in [-0.3, -0.25) is 4.79 Å². The molecule has 2 fully saturated rings. The number of amides is 1. The summed E-state index contributed by atoms with van der Waals surface area (Å²) < 4.78 is 0. The molecule has 1 saturated heterocycles. The standard InChI is InChI=1S/C14H22N2O/c1-14(11-15)7-9-16(10-8-14)13(17)12-5-3-2-4-6-12/h12H,2-10H2,1H3. The monoisotopic (exact) mass is 234 g/mol. The second-order valence-electron chi connectivity index (χ2n) is 5.83. The van der Waals surface area contributed by atoms with Gasteiger partial charge in [0, 0.05) is 19.0 Å². The zero-order chi connectivity index (χ0) is 12.3. The number of carbonyl (C=O) groups excluding carboxylic acids is 1. The zero-order valence-corrected chi connectivity index (χ0v) is 10.7. The molecule has 0 unspecified atom stereocenters. The fraction of sp³-hybridized carbons (Fsp3) is 0.857. The van der Waals surface area contributed by atoms with Crippen molar-refractivity contribution >= 4 is 5.91 Å². The highest BCUT2D eigenvalue weighted by molar-refractivity contribution is 5.79. The molecular formula is C14H22N2O. The molecule has 1 saturated carbocycles. The van der Waals surface area contributed by atoms with E-state index < -0.39 is 0 Å². The number of rotatable bonds is 1. The summed E-state index contributed by atoms with van der Waals surface area (Å²) in [5.41, 5.74) is -0.205. The third-order valence-electron chi connectivity index (χ3n) is 4.40. The van der Waals surface area contributed by atoms with Crippen molar-refractivity contribution in [2.45, 2.75) is 51.9 Å². The van der Waals surface area contributed by atoms with Gasteiger partial charge in [-0.1, -0.05) is 19.3 Å². The topological polar surface area (TPSA) is 44.1 Å². The molecule has 3 nitrogen and oxygen atoms in total. The summed E-state index contributed by atoms with van der Waals surface area (Å²) in [6.45, 7) is 3.56. The predicted molar refractivity (Wildman–Crippen MR) is 66.1 cm³/mol. The third-order valence-corrected chi connectivity index (χ3v) is 4.40. The van der Waals surface area contributed by atoms with Crippen molar-refractivity contribution in [3.63, 3.8) is 0 Å². The third kappa shape index (κ3) is 2.80. The van der Waals surface area contributed by atoms with Gasteiger partial charge in [-0.25, -0.2) is 0 Å². The van der Waals surface area contributed by atoms with Crippen molar-refractivity contribution in [1.82, 2.24) is 4.90 Å². The van der Waals surface area contributed by atoms with Crippen molar-refractivity contribution in [1.29, 1.82) is 5.26 Å². The number of piperidine rings is 1. The Morgan fingerprint density at radius 2 is 1.82 bits per heavy atom. The molecule has 0 spiro atoms. The van der Waals surface area contributed by atoms with Crippen molar-refractivity contribution in [2.75, 3.05) is 13.1 Å². The Morgan fingerprint density at radius 1 is 1.24 bits per heavy atom. The molecule has 17 heavy (non-hydrogen) atoms. The lowest BCUT2D eigenvalue weighted by atomic mass is 9.81. The SMILES string of the molecule is CC1(C#N)CCN(C(=O)C2CCCCC2)CC1.